The number of carbonyl (C=O) groups is 4. The molecule has 0 spiro atoms. The molecule has 0 amide bonds. The van der Waals surface area contributed by atoms with Gasteiger partial charge in [-0.1, -0.05) is 0 Å². The van der Waals surface area contributed by atoms with E-state index in [1.807, 2.05) is 0 Å². The maximum Gasteiger partial charge on any atom is 0.237 e. The van der Waals surface area contributed by atoms with Crippen LogP contribution in [-0.2, 0) is 0 Å². The van der Waals surface area contributed by atoms with Crippen LogP contribution in [0.1, 0.15) is 41.4 Å². The Labute approximate surface area is 277 Å². The van der Waals surface area contributed by atoms with Gasteiger partial charge in [-0.3, -0.25) is 19.2 Å². The van der Waals surface area contributed by atoms with Gasteiger partial charge in [0.05, 0.1) is 68.0 Å². The highest BCUT2D eigenvalue weighted by molar-refractivity contribution is 6.50. The topological polar surface area (TPSA) is 142 Å². The first-order valence-electron chi connectivity index (χ1n) is 14.3. The van der Waals surface area contributed by atoms with Gasteiger partial charge >= 0.3 is 0 Å². The van der Waals surface area contributed by atoms with Gasteiger partial charge in [-0.2, -0.15) is 0 Å². The standard InChI is InChI=1S/C36H34O12/c1-41-25-11-9-19(13-31(25)47-7)33(37)35(39)23-17-27(43-3)21(15-29(23)45-5)22-16-30(46-6)24(18-28(22)44-4)36(40)34(38)20-10-12-26(42-2)32(14-20)48-8/h9-18H,1-8H3. The monoisotopic (exact) mass is 658 g/mol. The Bertz CT molecular complexity index is 1760. The third-order valence-corrected chi connectivity index (χ3v) is 7.53. The molecular weight excluding hydrogens is 624 g/mol. The smallest absolute Gasteiger partial charge is 0.237 e. The largest absolute Gasteiger partial charge is 0.496 e. The SMILES string of the molecule is COc1ccc(C(=O)C(=O)c2cc(OC)c(-c3cc(OC)c(C(=O)C(=O)c4ccc(OC)c(OC)c4)cc3OC)cc2OC)cc1OC. The van der Waals surface area contributed by atoms with Gasteiger partial charge in [0.25, 0.3) is 0 Å². The lowest BCUT2D eigenvalue weighted by Gasteiger charge is -2.18. The fourth-order valence-corrected chi connectivity index (χ4v) is 5.03. The molecule has 250 valence electrons. The highest BCUT2D eigenvalue weighted by Crippen LogP contribution is 2.44. The summed E-state index contributed by atoms with van der Waals surface area (Å²) in [6.45, 7) is 0. The van der Waals surface area contributed by atoms with E-state index in [-0.39, 0.29) is 56.8 Å². The molecule has 0 radical (unpaired) electrons. The molecule has 0 fully saturated rings. The Morgan fingerprint density at radius 1 is 0.333 bits per heavy atom. The van der Waals surface area contributed by atoms with Crippen LogP contribution in [-0.4, -0.2) is 80.0 Å². The molecule has 4 aromatic carbocycles. The highest BCUT2D eigenvalue weighted by atomic mass is 16.5. The number of hydrogen-bond donors (Lipinski definition) is 0. The lowest BCUT2D eigenvalue weighted by atomic mass is 9.93. The summed E-state index contributed by atoms with van der Waals surface area (Å²) in [7, 11) is 11.2. The summed E-state index contributed by atoms with van der Waals surface area (Å²) in [6.07, 6.45) is 0. The number of rotatable bonds is 15. The van der Waals surface area contributed by atoms with Crippen molar-refractivity contribution in [3.8, 4) is 57.1 Å². The summed E-state index contributed by atoms with van der Waals surface area (Å²) in [6, 6.07) is 14.5. The van der Waals surface area contributed by atoms with Crippen LogP contribution in [0.4, 0.5) is 0 Å². The Morgan fingerprint density at radius 2 is 0.646 bits per heavy atom. The third kappa shape index (κ3) is 6.59. The van der Waals surface area contributed by atoms with Gasteiger partial charge in [-0.05, 0) is 60.7 Å². The second kappa shape index (κ2) is 15.0. The summed E-state index contributed by atoms with van der Waals surface area (Å²) < 4.78 is 43.3. The minimum atomic E-state index is -0.858. The van der Waals surface area contributed by atoms with E-state index in [2.05, 4.69) is 0 Å². The molecule has 0 heterocycles. The van der Waals surface area contributed by atoms with Gasteiger partial charge in [-0.25, -0.2) is 0 Å². The van der Waals surface area contributed by atoms with E-state index in [1.54, 1.807) is 0 Å². The first-order valence-corrected chi connectivity index (χ1v) is 14.3. The highest BCUT2D eigenvalue weighted by Gasteiger charge is 2.29. The second-order valence-electron chi connectivity index (χ2n) is 9.96. The maximum absolute atomic E-state index is 13.5. The quantitative estimate of drug-likeness (QED) is 0.117. The zero-order valence-electron chi connectivity index (χ0n) is 27.7. The lowest BCUT2D eigenvalue weighted by Crippen LogP contribution is -2.16. The number of Topliss-reactive ketones (excluding diaryl/α,β-unsaturated/α-hetero) is 4. The average molecular weight is 659 g/mol. The van der Waals surface area contributed by atoms with Gasteiger partial charge in [-0.15, -0.1) is 0 Å². The van der Waals surface area contributed by atoms with Crippen LogP contribution in [0.2, 0.25) is 0 Å². The van der Waals surface area contributed by atoms with Gasteiger partial charge in [0.2, 0.25) is 23.1 Å². The predicted octanol–water partition coefficient (Wildman–Crippen LogP) is 5.55. The molecule has 48 heavy (non-hydrogen) atoms. The number of carbonyl (C=O) groups excluding carboxylic acids is 4. The van der Waals surface area contributed by atoms with E-state index in [4.69, 9.17) is 37.9 Å². The predicted molar refractivity (Wildman–Crippen MR) is 174 cm³/mol. The molecule has 0 atom stereocenters. The Kier molecular flexibility index (Phi) is 10.9. The summed E-state index contributed by atoms with van der Waals surface area (Å²) in [5.41, 5.74) is 0.802. The van der Waals surface area contributed by atoms with Gasteiger partial charge < -0.3 is 37.9 Å². The summed E-state index contributed by atoms with van der Waals surface area (Å²) in [5, 5.41) is 0. The number of ether oxygens (including phenoxy) is 8. The molecule has 4 rings (SSSR count). The first kappa shape index (κ1) is 34.8. The number of ketones is 4. The average Bonchev–Trinajstić information content (AvgIpc) is 3.14. The van der Waals surface area contributed by atoms with E-state index in [1.165, 1.54) is 118 Å². The second-order valence-corrected chi connectivity index (χ2v) is 9.96. The van der Waals surface area contributed by atoms with Gasteiger partial charge in [0.15, 0.2) is 23.0 Å². The molecule has 0 aromatic heterocycles. The molecule has 0 unspecified atom stereocenters. The normalized spacial score (nSPS) is 10.4. The van der Waals surface area contributed by atoms with Crippen molar-refractivity contribution in [3.05, 3.63) is 82.9 Å². The molecule has 0 N–H and O–H groups in total. The van der Waals surface area contributed by atoms with Crippen LogP contribution in [0.5, 0.6) is 46.0 Å². The van der Waals surface area contributed by atoms with Crippen LogP contribution in [0, 0.1) is 0 Å². The van der Waals surface area contributed by atoms with Gasteiger partial charge in [0.1, 0.15) is 23.0 Å². The third-order valence-electron chi connectivity index (χ3n) is 7.53. The minimum Gasteiger partial charge on any atom is -0.496 e. The summed E-state index contributed by atoms with van der Waals surface area (Å²) >= 11 is 0. The van der Waals surface area contributed by atoms with Crippen molar-refractivity contribution in [2.45, 2.75) is 0 Å². The van der Waals surface area contributed by atoms with E-state index in [0.29, 0.717) is 22.6 Å². The molecule has 0 bridgehead atoms. The zero-order chi connectivity index (χ0) is 35.1. The van der Waals surface area contributed by atoms with Crippen molar-refractivity contribution in [1.82, 2.24) is 0 Å². The minimum absolute atomic E-state index is 0.0591. The van der Waals surface area contributed by atoms with Crippen LogP contribution in [0.3, 0.4) is 0 Å². The Balaban J connectivity index is 1.78. The molecule has 0 aliphatic rings. The number of methoxy groups -OCH3 is 8. The van der Waals surface area contributed by atoms with E-state index >= 15 is 0 Å². The van der Waals surface area contributed by atoms with E-state index in [0.717, 1.165) is 0 Å². The molecule has 12 heteroatoms. The van der Waals surface area contributed by atoms with Crippen molar-refractivity contribution in [3.63, 3.8) is 0 Å². The summed E-state index contributed by atoms with van der Waals surface area (Å²) in [5.74, 6) is -1.50. The van der Waals surface area contributed by atoms with Crippen LogP contribution in [0.25, 0.3) is 11.1 Å². The Hall–Kier alpha value is -6.04. The first-order chi connectivity index (χ1) is 23.1. The molecule has 4 aromatic rings. The van der Waals surface area contributed by atoms with Crippen molar-refractivity contribution in [2.24, 2.45) is 0 Å². The lowest BCUT2D eigenvalue weighted by molar-refractivity contribution is 0.0814. The van der Waals surface area contributed by atoms with Crippen LogP contribution >= 0.6 is 0 Å². The number of benzene rings is 4. The molecule has 0 aliphatic carbocycles. The molecule has 0 saturated heterocycles. The molecular formula is C36H34O12. The Morgan fingerprint density at radius 3 is 0.938 bits per heavy atom. The fraction of sp³-hybridized carbons (Fsp3) is 0.222. The van der Waals surface area contributed by atoms with Crippen LogP contribution in [0.15, 0.2) is 60.7 Å². The van der Waals surface area contributed by atoms with Crippen LogP contribution < -0.4 is 37.9 Å². The summed E-state index contributed by atoms with van der Waals surface area (Å²) in [4.78, 5) is 53.6. The van der Waals surface area contributed by atoms with Crippen molar-refractivity contribution >= 4 is 23.1 Å². The molecule has 12 nitrogen and oxygen atoms in total. The van der Waals surface area contributed by atoms with Gasteiger partial charge in [0, 0.05) is 22.3 Å². The van der Waals surface area contributed by atoms with E-state index < -0.39 is 23.1 Å². The number of hydrogen-bond acceptors (Lipinski definition) is 12. The van der Waals surface area contributed by atoms with Crippen molar-refractivity contribution in [2.75, 3.05) is 56.9 Å². The van der Waals surface area contributed by atoms with E-state index in [9.17, 15) is 19.2 Å². The van der Waals surface area contributed by atoms with Crippen molar-refractivity contribution in [1.29, 1.82) is 0 Å². The van der Waals surface area contributed by atoms with Crippen molar-refractivity contribution < 1.29 is 57.1 Å². The fourth-order valence-electron chi connectivity index (χ4n) is 5.03. The molecule has 0 saturated carbocycles. The molecule has 0 aliphatic heterocycles. The zero-order valence-corrected chi connectivity index (χ0v) is 27.7. The maximum atomic E-state index is 13.5.